The van der Waals surface area contributed by atoms with Gasteiger partial charge in [0.05, 0.1) is 6.61 Å². The van der Waals surface area contributed by atoms with E-state index < -0.39 is 0 Å². The van der Waals surface area contributed by atoms with Crippen molar-refractivity contribution in [1.29, 1.82) is 0 Å². The zero-order chi connectivity index (χ0) is 13.0. The number of hydrogen-bond acceptors (Lipinski definition) is 4. The fraction of sp³-hybridized carbons (Fsp3) is 0.357. The maximum absolute atomic E-state index is 11.3. The van der Waals surface area contributed by atoms with E-state index >= 15 is 0 Å². The van der Waals surface area contributed by atoms with Gasteiger partial charge in [-0.2, -0.15) is 0 Å². The SMILES string of the molecule is C=C(C)C(=O)OCc1cccc(OCC2CO2)c1. The van der Waals surface area contributed by atoms with Crippen LogP contribution in [0.5, 0.6) is 5.75 Å². The molecule has 0 amide bonds. The molecule has 18 heavy (non-hydrogen) atoms. The van der Waals surface area contributed by atoms with Gasteiger partial charge >= 0.3 is 5.97 Å². The smallest absolute Gasteiger partial charge is 0.333 e. The predicted octanol–water partition coefficient (Wildman–Crippen LogP) is 2.08. The van der Waals surface area contributed by atoms with Crippen LogP contribution in [0.3, 0.4) is 0 Å². The van der Waals surface area contributed by atoms with Crippen LogP contribution in [0.1, 0.15) is 12.5 Å². The number of carbonyl (C=O) groups excluding carboxylic acids is 1. The van der Waals surface area contributed by atoms with Crippen molar-refractivity contribution in [3.63, 3.8) is 0 Å². The minimum Gasteiger partial charge on any atom is -0.491 e. The standard InChI is InChI=1S/C14H16O4/c1-10(2)14(15)18-7-11-4-3-5-12(6-11)16-8-13-9-17-13/h3-6,13H,1,7-9H2,2H3. The van der Waals surface area contributed by atoms with Gasteiger partial charge in [-0.3, -0.25) is 0 Å². The molecule has 0 N–H and O–H groups in total. The van der Waals surface area contributed by atoms with Crippen LogP contribution in [0.4, 0.5) is 0 Å². The monoisotopic (exact) mass is 248 g/mol. The minimum atomic E-state index is -0.382. The van der Waals surface area contributed by atoms with Gasteiger partial charge in [0.2, 0.25) is 0 Å². The van der Waals surface area contributed by atoms with E-state index in [1.165, 1.54) is 0 Å². The predicted molar refractivity (Wildman–Crippen MR) is 66.3 cm³/mol. The van der Waals surface area contributed by atoms with Crippen LogP contribution >= 0.6 is 0 Å². The zero-order valence-corrected chi connectivity index (χ0v) is 10.3. The Morgan fingerprint density at radius 2 is 2.33 bits per heavy atom. The lowest BCUT2D eigenvalue weighted by molar-refractivity contribution is -0.140. The van der Waals surface area contributed by atoms with Crippen molar-refractivity contribution in [1.82, 2.24) is 0 Å². The second-order valence-corrected chi connectivity index (χ2v) is 4.27. The number of carbonyl (C=O) groups is 1. The summed E-state index contributed by atoms with van der Waals surface area (Å²) in [4.78, 5) is 11.3. The Kier molecular flexibility index (Phi) is 3.99. The summed E-state index contributed by atoms with van der Waals surface area (Å²) in [5.41, 5.74) is 1.28. The van der Waals surface area contributed by atoms with E-state index in [0.717, 1.165) is 17.9 Å². The maximum atomic E-state index is 11.3. The van der Waals surface area contributed by atoms with Crippen LogP contribution in [0.15, 0.2) is 36.4 Å². The van der Waals surface area contributed by atoms with Gasteiger partial charge in [-0.05, 0) is 24.6 Å². The minimum absolute atomic E-state index is 0.225. The maximum Gasteiger partial charge on any atom is 0.333 e. The van der Waals surface area contributed by atoms with Crippen LogP contribution in [0.25, 0.3) is 0 Å². The first kappa shape index (κ1) is 12.6. The van der Waals surface area contributed by atoms with Crippen LogP contribution < -0.4 is 4.74 Å². The molecule has 1 aromatic rings. The fourth-order valence-electron chi connectivity index (χ4n) is 1.35. The summed E-state index contributed by atoms with van der Waals surface area (Å²) < 4.78 is 15.7. The lowest BCUT2D eigenvalue weighted by Crippen LogP contribution is -2.06. The molecule has 1 saturated heterocycles. The Bertz CT molecular complexity index is 449. The molecule has 0 bridgehead atoms. The Labute approximate surface area is 106 Å². The first-order chi connectivity index (χ1) is 8.65. The number of rotatable bonds is 6. The summed E-state index contributed by atoms with van der Waals surface area (Å²) in [6.45, 7) is 6.71. The second-order valence-electron chi connectivity index (χ2n) is 4.27. The number of ether oxygens (including phenoxy) is 3. The number of benzene rings is 1. The average molecular weight is 248 g/mol. The Hall–Kier alpha value is -1.81. The lowest BCUT2D eigenvalue weighted by Gasteiger charge is -2.07. The molecule has 1 fully saturated rings. The van der Waals surface area contributed by atoms with Gasteiger partial charge in [-0.1, -0.05) is 18.7 Å². The molecule has 1 unspecified atom stereocenters. The van der Waals surface area contributed by atoms with Gasteiger partial charge < -0.3 is 14.2 Å². The third-order valence-corrected chi connectivity index (χ3v) is 2.46. The number of esters is 1. The van der Waals surface area contributed by atoms with Gasteiger partial charge in [0, 0.05) is 5.57 Å². The quantitative estimate of drug-likeness (QED) is 0.439. The molecule has 1 aliphatic rings. The van der Waals surface area contributed by atoms with Gasteiger partial charge in [0.15, 0.2) is 0 Å². The van der Waals surface area contributed by atoms with Crippen molar-refractivity contribution in [3.05, 3.63) is 42.0 Å². The van der Waals surface area contributed by atoms with Gasteiger partial charge in [-0.15, -0.1) is 0 Å². The Morgan fingerprint density at radius 1 is 1.56 bits per heavy atom. The van der Waals surface area contributed by atoms with Crippen LogP contribution in [-0.4, -0.2) is 25.3 Å². The van der Waals surface area contributed by atoms with E-state index in [2.05, 4.69) is 6.58 Å². The molecule has 1 heterocycles. The molecule has 0 spiro atoms. The summed E-state index contributed by atoms with van der Waals surface area (Å²) in [5.74, 6) is 0.377. The van der Waals surface area contributed by atoms with Gasteiger partial charge in [-0.25, -0.2) is 4.79 Å². The third kappa shape index (κ3) is 3.89. The van der Waals surface area contributed by atoms with E-state index in [1.807, 2.05) is 24.3 Å². The Balaban J connectivity index is 1.85. The first-order valence-electron chi connectivity index (χ1n) is 5.81. The van der Waals surface area contributed by atoms with Crippen LogP contribution in [0.2, 0.25) is 0 Å². The molecule has 4 heteroatoms. The lowest BCUT2D eigenvalue weighted by atomic mass is 10.2. The molecule has 0 aliphatic carbocycles. The van der Waals surface area contributed by atoms with Crippen molar-refractivity contribution in [2.75, 3.05) is 13.2 Å². The number of hydrogen-bond donors (Lipinski definition) is 0. The highest BCUT2D eigenvalue weighted by molar-refractivity contribution is 5.86. The molecule has 0 radical (unpaired) electrons. The summed E-state index contributed by atoms with van der Waals surface area (Å²) >= 11 is 0. The van der Waals surface area contributed by atoms with Crippen molar-refractivity contribution in [2.24, 2.45) is 0 Å². The highest BCUT2D eigenvalue weighted by Crippen LogP contribution is 2.17. The molecular weight excluding hydrogens is 232 g/mol. The zero-order valence-electron chi connectivity index (χ0n) is 10.3. The average Bonchev–Trinajstić information content (AvgIpc) is 3.18. The van der Waals surface area contributed by atoms with E-state index in [4.69, 9.17) is 14.2 Å². The van der Waals surface area contributed by atoms with Crippen molar-refractivity contribution in [3.8, 4) is 5.75 Å². The molecule has 1 atom stereocenters. The Morgan fingerprint density at radius 3 is 3.00 bits per heavy atom. The molecule has 0 aromatic heterocycles. The first-order valence-corrected chi connectivity index (χ1v) is 5.81. The van der Waals surface area contributed by atoms with E-state index in [1.54, 1.807) is 6.92 Å². The summed E-state index contributed by atoms with van der Waals surface area (Å²) in [7, 11) is 0. The second kappa shape index (κ2) is 5.69. The van der Waals surface area contributed by atoms with Crippen LogP contribution in [0, 0.1) is 0 Å². The molecule has 96 valence electrons. The molecular formula is C14H16O4. The van der Waals surface area contributed by atoms with Crippen molar-refractivity contribution >= 4 is 5.97 Å². The third-order valence-electron chi connectivity index (χ3n) is 2.46. The van der Waals surface area contributed by atoms with Gasteiger partial charge in [0.1, 0.15) is 25.1 Å². The van der Waals surface area contributed by atoms with Crippen molar-refractivity contribution < 1.29 is 19.0 Å². The fourth-order valence-corrected chi connectivity index (χ4v) is 1.35. The molecule has 2 rings (SSSR count). The summed E-state index contributed by atoms with van der Waals surface area (Å²) in [6.07, 6.45) is 0.231. The van der Waals surface area contributed by atoms with E-state index in [0.29, 0.717) is 12.2 Å². The van der Waals surface area contributed by atoms with Crippen molar-refractivity contribution in [2.45, 2.75) is 19.6 Å². The largest absolute Gasteiger partial charge is 0.491 e. The normalized spacial score (nSPS) is 17.1. The van der Waals surface area contributed by atoms with E-state index in [-0.39, 0.29) is 18.7 Å². The van der Waals surface area contributed by atoms with Crippen LogP contribution in [-0.2, 0) is 20.9 Å². The summed E-state index contributed by atoms with van der Waals surface area (Å²) in [6, 6.07) is 7.47. The molecule has 4 nitrogen and oxygen atoms in total. The molecule has 1 aliphatic heterocycles. The number of epoxide rings is 1. The molecule has 0 saturated carbocycles. The van der Waals surface area contributed by atoms with E-state index in [9.17, 15) is 4.79 Å². The molecule has 1 aromatic carbocycles. The highest BCUT2D eigenvalue weighted by Gasteiger charge is 2.23. The topological polar surface area (TPSA) is 48.1 Å². The summed E-state index contributed by atoms with van der Waals surface area (Å²) in [5, 5.41) is 0. The van der Waals surface area contributed by atoms with Gasteiger partial charge in [0.25, 0.3) is 0 Å². The highest BCUT2D eigenvalue weighted by atomic mass is 16.6.